The van der Waals surface area contributed by atoms with Crippen molar-refractivity contribution in [1.29, 1.82) is 0 Å². The predicted octanol–water partition coefficient (Wildman–Crippen LogP) is 2.22. The van der Waals surface area contributed by atoms with Gasteiger partial charge in [0.25, 0.3) is 0 Å². The van der Waals surface area contributed by atoms with Crippen LogP contribution in [0.4, 0.5) is 5.82 Å². The molecule has 4 rings (SSSR count). The third-order valence-electron chi connectivity index (χ3n) is 5.60. The molecule has 0 saturated carbocycles. The van der Waals surface area contributed by atoms with E-state index >= 15 is 0 Å². The molecule has 1 atom stereocenters. The Bertz CT molecular complexity index is 834. The molecule has 2 aromatic rings. The molecule has 2 aliphatic rings. The highest BCUT2D eigenvalue weighted by atomic mass is 127. The van der Waals surface area contributed by atoms with Gasteiger partial charge in [0.2, 0.25) is 0 Å². The quantitative estimate of drug-likeness (QED) is 0.367. The molecule has 0 spiro atoms. The number of aliphatic imine (C=N–C) groups is 1. The first-order valence-electron chi connectivity index (χ1n) is 10.5. The van der Waals surface area contributed by atoms with Gasteiger partial charge in [0, 0.05) is 63.6 Å². The van der Waals surface area contributed by atoms with E-state index < -0.39 is 0 Å². The summed E-state index contributed by atoms with van der Waals surface area (Å²) in [5.74, 6) is 2.52. The number of anilines is 1. The number of nitrogens with zero attached hydrogens (tertiary/aromatic N) is 6. The van der Waals surface area contributed by atoms with E-state index in [1.807, 2.05) is 30.2 Å². The molecule has 2 aromatic heterocycles. The maximum Gasteiger partial charge on any atom is 0.194 e. The Morgan fingerprint density at radius 2 is 2.13 bits per heavy atom. The lowest BCUT2D eigenvalue weighted by Crippen LogP contribution is -2.40. The van der Waals surface area contributed by atoms with Gasteiger partial charge in [-0.2, -0.15) is 5.10 Å². The third kappa shape index (κ3) is 5.42. The van der Waals surface area contributed by atoms with Gasteiger partial charge in [-0.05, 0) is 25.0 Å². The summed E-state index contributed by atoms with van der Waals surface area (Å²) in [4.78, 5) is 14.3. The highest BCUT2D eigenvalue weighted by molar-refractivity contribution is 14.0. The first-order chi connectivity index (χ1) is 14.2. The number of likely N-dealkylation sites (tertiary alicyclic amines) is 1. The summed E-state index contributed by atoms with van der Waals surface area (Å²) in [5, 5.41) is 7.80. The Hall–Kier alpha value is -1.88. The van der Waals surface area contributed by atoms with Gasteiger partial charge in [-0.25, -0.2) is 9.98 Å². The van der Waals surface area contributed by atoms with Gasteiger partial charge in [-0.15, -0.1) is 24.0 Å². The number of nitrogens with one attached hydrogen (secondary N) is 1. The van der Waals surface area contributed by atoms with Crippen LogP contribution in [0, 0.1) is 0 Å². The number of hydrogen-bond donors (Lipinski definition) is 1. The van der Waals surface area contributed by atoms with Crippen LogP contribution in [-0.4, -0.2) is 71.6 Å². The summed E-state index contributed by atoms with van der Waals surface area (Å²) < 4.78 is 7.37. The van der Waals surface area contributed by atoms with Crippen molar-refractivity contribution in [1.82, 2.24) is 25.0 Å². The number of ether oxygens (including phenoxy) is 1. The Morgan fingerprint density at radius 1 is 1.30 bits per heavy atom. The number of aryl methyl sites for hydroxylation is 1. The SMILES string of the molecule is CCNC(=NCc1cccnc1N1CCOCC1)N1CCC(c2cnn(C)c2)C1.I. The van der Waals surface area contributed by atoms with Crippen molar-refractivity contribution >= 4 is 35.8 Å². The van der Waals surface area contributed by atoms with E-state index in [2.05, 4.69) is 44.4 Å². The van der Waals surface area contributed by atoms with Crippen LogP contribution < -0.4 is 10.2 Å². The lowest BCUT2D eigenvalue weighted by Gasteiger charge is -2.29. The molecule has 0 radical (unpaired) electrons. The van der Waals surface area contributed by atoms with Crippen molar-refractivity contribution in [3.05, 3.63) is 41.9 Å². The average Bonchev–Trinajstić information content (AvgIpc) is 3.41. The minimum Gasteiger partial charge on any atom is -0.378 e. The number of pyridine rings is 1. The number of rotatable bonds is 5. The summed E-state index contributed by atoms with van der Waals surface area (Å²) in [6, 6.07) is 4.13. The molecule has 2 saturated heterocycles. The first-order valence-corrected chi connectivity index (χ1v) is 10.5. The molecule has 2 fully saturated rings. The predicted molar refractivity (Wildman–Crippen MR) is 130 cm³/mol. The second-order valence-corrected chi connectivity index (χ2v) is 7.63. The zero-order chi connectivity index (χ0) is 20.1. The molecule has 30 heavy (non-hydrogen) atoms. The van der Waals surface area contributed by atoms with E-state index in [1.54, 1.807) is 0 Å². The molecule has 8 nitrogen and oxygen atoms in total. The molecule has 0 bridgehead atoms. The van der Waals surface area contributed by atoms with Crippen LogP contribution in [0.25, 0.3) is 0 Å². The van der Waals surface area contributed by atoms with Gasteiger partial charge in [-0.3, -0.25) is 4.68 Å². The van der Waals surface area contributed by atoms with Crippen LogP contribution in [0.5, 0.6) is 0 Å². The van der Waals surface area contributed by atoms with Gasteiger partial charge in [0.05, 0.1) is 26.0 Å². The Morgan fingerprint density at radius 3 is 2.87 bits per heavy atom. The minimum absolute atomic E-state index is 0. The second kappa shape index (κ2) is 10.9. The highest BCUT2D eigenvalue weighted by Crippen LogP contribution is 2.27. The molecular weight excluding hydrogens is 493 g/mol. The van der Waals surface area contributed by atoms with Crippen LogP contribution in [0.2, 0.25) is 0 Å². The lowest BCUT2D eigenvalue weighted by molar-refractivity contribution is 0.122. The molecule has 0 amide bonds. The maximum atomic E-state index is 5.49. The van der Waals surface area contributed by atoms with E-state index in [0.29, 0.717) is 12.5 Å². The van der Waals surface area contributed by atoms with Crippen LogP contribution in [0.3, 0.4) is 0 Å². The van der Waals surface area contributed by atoms with Gasteiger partial charge < -0.3 is 19.9 Å². The molecule has 2 aliphatic heterocycles. The van der Waals surface area contributed by atoms with Crippen LogP contribution >= 0.6 is 24.0 Å². The second-order valence-electron chi connectivity index (χ2n) is 7.63. The fraction of sp³-hybridized carbons (Fsp3) is 0.571. The molecule has 164 valence electrons. The van der Waals surface area contributed by atoms with E-state index in [-0.39, 0.29) is 24.0 Å². The van der Waals surface area contributed by atoms with Crippen LogP contribution in [-0.2, 0) is 18.3 Å². The molecule has 4 heterocycles. The molecule has 1 N–H and O–H groups in total. The summed E-state index contributed by atoms with van der Waals surface area (Å²) in [5.41, 5.74) is 2.47. The number of halogens is 1. The van der Waals surface area contributed by atoms with Crippen molar-refractivity contribution in [3.63, 3.8) is 0 Å². The largest absolute Gasteiger partial charge is 0.378 e. The molecule has 0 aromatic carbocycles. The number of guanidine groups is 1. The van der Waals surface area contributed by atoms with E-state index in [9.17, 15) is 0 Å². The van der Waals surface area contributed by atoms with Crippen LogP contribution in [0.15, 0.2) is 35.7 Å². The normalized spacial score (nSPS) is 19.7. The first kappa shape index (κ1) is 22.8. The standard InChI is InChI=1S/C21H31N7O.HI/c1-3-22-21(28-8-6-18(16-28)19-14-25-26(2)15-19)24-13-17-5-4-7-23-20(17)27-9-11-29-12-10-27;/h4-5,7,14-15,18H,3,6,8-13,16H2,1-2H3,(H,22,24);1H. The van der Waals surface area contributed by atoms with Gasteiger partial charge in [-0.1, -0.05) is 6.07 Å². The zero-order valence-electron chi connectivity index (χ0n) is 17.8. The summed E-state index contributed by atoms with van der Waals surface area (Å²) >= 11 is 0. The van der Waals surface area contributed by atoms with Crippen LogP contribution in [0.1, 0.15) is 30.4 Å². The van der Waals surface area contributed by atoms with Gasteiger partial charge in [0.15, 0.2) is 5.96 Å². The molecular formula is C21H32IN7O. The molecule has 0 aliphatic carbocycles. The summed E-state index contributed by atoms with van der Waals surface area (Å²) in [6.07, 6.45) is 7.11. The Labute approximate surface area is 195 Å². The monoisotopic (exact) mass is 525 g/mol. The number of morpholine rings is 1. The van der Waals surface area contributed by atoms with Crippen molar-refractivity contribution in [2.24, 2.45) is 12.0 Å². The average molecular weight is 525 g/mol. The minimum atomic E-state index is 0. The Kier molecular flexibility index (Phi) is 8.32. The smallest absolute Gasteiger partial charge is 0.194 e. The lowest BCUT2D eigenvalue weighted by atomic mass is 10.0. The van der Waals surface area contributed by atoms with E-state index in [0.717, 1.165) is 69.7 Å². The van der Waals surface area contributed by atoms with Crippen molar-refractivity contribution < 1.29 is 4.74 Å². The van der Waals surface area contributed by atoms with E-state index in [1.165, 1.54) is 5.56 Å². The topological polar surface area (TPSA) is 70.8 Å². The summed E-state index contributed by atoms with van der Waals surface area (Å²) in [7, 11) is 1.97. The van der Waals surface area contributed by atoms with Gasteiger partial charge in [0.1, 0.15) is 5.82 Å². The van der Waals surface area contributed by atoms with E-state index in [4.69, 9.17) is 9.73 Å². The third-order valence-corrected chi connectivity index (χ3v) is 5.60. The van der Waals surface area contributed by atoms with Crippen molar-refractivity contribution in [3.8, 4) is 0 Å². The van der Waals surface area contributed by atoms with Crippen molar-refractivity contribution in [2.45, 2.75) is 25.8 Å². The zero-order valence-corrected chi connectivity index (χ0v) is 20.2. The van der Waals surface area contributed by atoms with Gasteiger partial charge >= 0.3 is 0 Å². The highest BCUT2D eigenvalue weighted by Gasteiger charge is 2.27. The molecule has 1 unspecified atom stereocenters. The number of hydrogen-bond acceptors (Lipinski definition) is 5. The van der Waals surface area contributed by atoms with Crippen molar-refractivity contribution in [2.75, 3.05) is 50.8 Å². The fourth-order valence-corrected chi connectivity index (χ4v) is 4.08. The fourth-order valence-electron chi connectivity index (χ4n) is 4.08. The maximum absolute atomic E-state index is 5.49. The summed E-state index contributed by atoms with van der Waals surface area (Å²) in [6.45, 7) is 8.85. The Balaban J connectivity index is 0.00000256. The molecule has 9 heteroatoms. The number of aromatic nitrogens is 3.